The molecule has 0 saturated heterocycles. The number of benzene rings is 7. The van der Waals surface area contributed by atoms with Gasteiger partial charge < -0.3 is 15.6 Å². The lowest BCUT2D eigenvalue weighted by atomic mass is 10.1. The molecule has 352 valence electrons. The van der Waals surface area contributed by atoms with Gasteiger partial charge in [-0.25, -0.2) is 0 Å². The zero-order valence-electron chi connectivity index (χ0n) is 37.8. The predicted octanol–water partition coefficient (Wildman–Crippen LogP) is 14.7. The van der Waals surface area contributed by atoms with Crippen LogP contribution in [-0.4, -0.2) is 43.4 Å². The number of hydrogen-bond acceptors (Lipinski definition) is 17. The van der Waals surface area contributed by atoms with Crippen molar-refractivity contribution in [2.75, 3.05) is 18.1 Å². The van der Waals surface area contributed by atoms with Crippen LogP contribution >= 0.6 is 0 Å². The number of ether oxygens (including phenoxy) is 1. The van der Waals surface area contributed by atoms with E-state index in [0.717, 1.165) is 27.6 Å². The fourth-order valence-electron chi connectivity index (χ4n) is 6.67. The van der Waals surface area contributed by atoms with Crippen LogP contribution in [0.3, 0.4) is 0 Å². The third-order valence-electron chi connectivity index (χ3n) is 10.4. The average Bonchev–Trinajstić information content (AvgIpc) is 3.30. The molecule has 0 aliphatic heterocycles. The lowest BCUT2D eigenvalue weighted by Crippen LogP contribution is -2.08. The molecular formula is C48H45N11O8S2. The van der Waals surface area contributed by atoms with Gasteiger partial charge in [0.15, 0.2) is 5.75 Å². The number of aryl methyl sites for hydroxylation is 5. The number of phenolic OH excluding ortho intramolecular Hbond substituents is 1. The molecule has 7 aromatic carbocycles. The van der Waals surface area contributed by atoms with Crippen LogP contribution in [0.5, 0.6) is 11.5 Å². The van der Waals surface area contributed by atoms with E-state index in [-0.39, 0.29) is 41.6 Å². The first-order chi connectivity index (χ1) is 32.8. The van der Waals surface area contributed by atoms with Crippen LogP contribution < -0.4 is 10.5 Å². The lowest BCUT2D eigenvalue weighted by molar-refractivity contribution is 0.317. The fourth-order valence-corrected chi connectivity index (χ4v) is 7.77. The number of rotatable bonds is 16. The van der Waals surface area contributed by atoms with Crippen LogP contribution in [0, 0.1) is 34.6 Å². The van der Waals surface area contributed by atoms with E-state index >= 15 is 0 Å². The topological polar surface area (TPSA) is 288 Å². The SMILES string of the molecule is Cc1cc(N=Nc2cc(C)c(N=Nc3ccccc3S(=O)(=O)O)cc2OCCCS(=O)(=O)O)c(C)cc1N=Nc1cc(C)c(N=Nc2ccc3cc(N=Nc4ccc(N)cc4)ccc3c2O)cc1C. The maximum Gasteiger partial charge on any atom is 0.296 e. The van der Waals surface area contributed by atoms with Crippen LogP contribution in [0.1, 0.15) is 34.2 Å². The van der Waals surface area contributed by atoms with E-state index in [0.29, 0.717) is 56.4 Å². The fraction of sp³-hybridized carbons (Fsp3) is 0.167. The van der Waals surface area contributed by atoms with E-state index < -0.39 is 30.9 Å². The number of fused-ring (bicyclic) bond motifs is 1. The highest BCUT2D eigenvalue weighted by atomic mass is 32.2. The summed E-state index contributed by atoms with van der Waals surface area (Å²) in [5, 5.41) is 56.1. The summed E-state index contributed by atoms with van der Waals surface area (Å²) in [5.41, 5.74) is 14.4. The van der Waals surface area contributed by atoms with Gasteiger partial charge in [-0.05, 0) is 165 Å². The Balaban J connectivity index is 1.07. The largest absolute Gasteiger partial charge is 0.505 e. The van der Waals surface area contributed by atoms with Gasteiger partial charge in [0.05, 0.1) is 52.2 Å². The highest BCUT2D eigenvalue weighted by Crippen LogP contribution is 2.41. The summed E-state index contributed by atoms with van der Waals surface area (Å²) in [4.78, 5) is -0.426. The van der Waals surface area contributed by atoms with Crippen molar-refractivity contribution >= 4 is 93.6 Å². The Morgan fingerprint density at radius 3 is 1.51 bits per heavy atom. The van der Waals surface area contributed by atoms with Crippen molar-refractivity contribution in [3.8, 4) is 11.5 Å². The summed E-state index contributed by atoms with van der Waals surface area (Å²) < 4.78 is 71.1. The van der Waals surface area contributed by atoms with Crippen LogP contribution in [0.4, 0.5) is 62.6 Å². The first kappa shape index (κ1) is 48.9. The summed E-state index contributed by atoms with van der Waals surface area (Å²) in [5.74, 6) is -0.388. The molecule has 0 atom stereocenters. The summed E-state index contributed by atoms with van der Waals surface area (Å²) >= 11 is 0. The summed E-state index contributed by atoms with van der Waals surface area (Å²) in [6, 6.07) is 31.9. The summed E-state index contributed by atoms with van der Waals surface area (Å²) in [6.45, 7) is 9.07. The number of aromatic hydroxyl groups is 1. The van der Waals surface area contributed by atoms with Gasteiger partial charge in [0.1, 0.15) is 27.7 Å². The molecule has 0 fully saturated rings. The van der Waals surface area contributed by atoms with E-state index in [1.165, 1.54) is 30.3 Å². The molecule has 0 aromatic heterocycles. The second-order valence-corrected chi connectivity index (χ2v) is 18.8. The average molecular weight is 968 g/mol. The Hall–Kier alpha value is -7.98. The standard InChI is InChI=1S/C48H45N11O8S2/c1-28-22-41(29(2)21-40(28)54-53-39-18-11-33-26-36(16-17-37(33)48(39)60)51-50-35-14-12-34(49)13-15-35)55-56-42-23-31(4)43(24-30(42)3)57-59-45-25-32(5)44(27-46(45)67-19-8-20-68(61,62)63)58-52-38-9-6-7-10-47(38)69(64,65)66/h6-7,9-18,21-27,60H,8,19-20,49H2,1-5H3,(H,61,62,63)(H,64,65,66). The van der Waals surface area contributed by atoms with Crippen LogP contribution in [0.2, 0.25) is 0 Å². The molecule has 0 aliphatic carbocycles. The van der Waals surface area contributed by atoms with Gasteiger partial charge in [-0.15, -0.1) is 15.3 Å². The van der Waals surface area contributed by atoms with Crippen LogP contribution in [0.15, 0.2) is 171 Å². The second kappa shape index (κ2) is 20.9. The van der Waals surface area contributed by atoms with E-state index in [4.69, 9.17) is 10.5 Å². The zero-order chi connectivity index (χ0) is 49.5. The number of hydrogen-bond donors (Lipinski definition) is 4. The van der Waals surface area contributed by atoms with Gasteiger partial charge in [-0.1, -0.05) is 18.2 Å². The van der Waals surface area contributed by atoms with Gasteiger partial charge >= 0.3 is 0 Å². The van der Waals surface area contributed by atoms with Crippen LogP contribution in [0.25, 0.3) is 10.8 Å². The van der Waals surface area contributed by atoms with Crippen molar-refractivity contribution in [2.45, 2.75) is 45.9 Å². The Morgan fingerprint density at radius 1 is 0.493 bits per heavy atom. The molecule has 0 spiro atoms. The molecule has 69 heavy (non-hydrogen) atoms. The Bertz CT molecular complexity index is 3490. The van der Waals surface area contributed by atoms with Crippen molar-refractivity contribution in [3.63, 3.8) is 0 Å². The number of azo groups is 5. The lowest BCUT2D eigenvalue weighted by Gasteiger charge is -2.11. The monoisotopic (exact) mass is 967 g/mol. The van der Waals surface area contributed by atoms with E-state index in [1.54, 1.807) is 61.5 Å². The molecule has 21 heteroatoms. The minimum absolute atomic E-state index is 0.0173. The predicted molar refractivity (Wildman–Crippen MR) is 263 cm³/mol. The van der Waals surface area contributed by atoms with E-state index in [1.807, 2.05) is 58.0 Å². The van der Waals surface area contributed by atoms with Gasteiger partial charge in [0, 0.05) is 17.1 Å². The molecule has 0 heterocycles. The number of nitrogen functional groups attached to an aromatic ring is 1. The van der Waals surface area contributed by atoms with Crippen LogP contribution in [-0.2, 0) is 20.2 Å². The first-order valence-corrected chi connectivity index (χ1v) is 24.1. The molecule has 7 aromatic rings. The van der Waals surface area contributed by atoms with Crippen molar-refractivity contribution in [1.29, 1.82) is 0 Å². The minimum atomic E-state index is -4.58. The van der Waals surface area contributed by atoms with Crippen molar-refractivity contribution in [3.05, 3.63) is 143 Å². The molecule has 19 nitrogen and oxygen atoms in total. The number of nitrogens with two attached hydrogens (primary N) is 1. The van der Waals surface area contributed by atoms with Gasteiger partial charge in [-0.3, -0.25) is 9.11 Å². The van der Waals surface area contributed by atoms with Crippen molar-refractivity contribution in [1.82, 2.24) is 0 Å². The Morgan fingerprint density at radius 2 is 0.957 bits per heavy atom. The molecule has 0 unspecified atom stereocenters. The third-order valence-corrected chi connectivity index (χ3v) is 12.1. The molecule has 0 amide bonds. The van der Waals surface area contributed by atoms with Crippen molar-refractivity contribution < 1.29 is 35.8 Å². The third kappa shape index (κ3) is 12.7. The van der Waals surface area contributed by atoms with Gasteiger partial charge in [-0.2, -0.15) is 52.6 Å². The summed E-state index contributed by atoms with van der Waals surface area (Å²) in [7, 11) is -8.81. The Kier molecular flexibility index (Phi) is 14.8. The Labute approximate surface area is 397 Å². The van der Waals surface area contributed by atoms with Gasteiger partial charge in [0.25, 0.3) is 20.2 Å². The number of phenols is 1. The highest BCUT2D eigenvalue weighted by molar-refractivity contribution is 7.86. The maximum absolute atomic E-state index is 11.9. The molecule has 5 N–H and O–H groups in total. The highest BCUT2D eigenvalue weighted by Gasteiger charge is 2.16. The van der Waals surface area contributed by atoms with E-state index in [2.05, 4.69) is 51.1 Å². The summed E-state index contributed by atoms with van der Waals surface area (Å²) in [6.07, 6.45) is -0.0346. The minimum Gasteiger partial charge on any atom is -0.505 e. The molecule has 0 bridgehead atoms. The number of nitrogens with zero attached hydrogens (tertiary/aromatic N) is 10. The van der Waals surface area contributed by atoms with Crippen molar-refractivity contribution in [2.24, 2.45) is 51.1 Å². The normalized spacial score (nSPS) is 12.5. The molecule has 0 radical (unpaired) electrons. The maximum atomic E-state index is 11.9. The zero-order valence-corrected chi connectivity index (χ0v) is 39.5. The van der Waals surface area contributed by atoms with E-state index in [9.17, 15) is 31.0 Å². The molecule has 7 rings (SSSR count). The number of anilines is 1. The molecule has 0 aliphatic rings. The quantitative estimate of drug-likeness (QED) is 0.0309. The van der Waals surface area contributed by atoms with Gasteiger partial charge in [0.2, 0.25) is 0 Å². The first-order valence-electron chi connectivity index (χ1n) is 21.0. The molecular weight excluding hydrogens is 923 g/mol. The smallest absolute Gasteiger partial charge is 0.296 e. The second-order valence-electron chi connectivity index (χ2n) is 15.8. The molecule has 0 saturated carbocycles.